The first-order valence-corrected chi connectivity index (χ1v) is 7.82. The monoisotopic (exact) mass is 298 g/mol. The predicted molar refractivity (Wildman–Crippen MR) is 79.6 cm³/mol. The second kappa shape index (κ2) is 6.54. The summed E-state index contributed by atoms with van der Waals surface area (Å²) in [7, 11) is 1.68. The molecule has 2 N–H and O–H groups in total. The highest BCUT2D eigenvalue weighted by molar-refractivity contribution is 7.15. The van der Waals surface area contributed by atoms with Gasteiger partial charge in [-0.1, -0.05) is 13.8 Å². The van der Waals surface area contributed by atoms with Crippen LogP contribution in [-0.4, -0.2) is 35.8 Å². The van der Waals surface area contributed by atoms with Gasteiger partial charge in [0.15, 0.2) is 5.13 Å². The molecule has 112 valence electrons. The van der Waals surface area contributed by atoms with E-state index in [0.29, 0.717) is 18.9 Å². The Morgan fingerprint density at radius 2 is 2.35 bits per heavy atom. The first kappa shape index (κ1) is 15.3. The highest BCUT2D eigenvalue weighted by atomic mass is 32.1. The standard InChI is InChI=1S/C14H22N2O3S/c1-8(2)10(7-19-3)15-14-16-12-9(13(17)18)5-4-6-11(12)20-14/h8-10H,4-7H2,1-3H3,(H,15,16)(H,17,18). The molecule has 1 heterocycles. The maximum absolute atomic E-state index is 11.3. The summed E-state index contributed by atoms with van der Waals surface area (Å²) in [6, 6.07) is 0.191. The van der Waals surface area contributed by atoms with Crippen LogP contribution >= 0.6 is 11.3 Å². The lowest BCUT2D eigenvalue weighted by atomic mass is 9.91. The van der Waals surface area contributed by atoms with Crippen molar-refractivity contribution < 1.29 is 14.6 Å². The number of carboxylic acids is 1. The normalized spacial score (nSPS) is 19.7. The molecule has 2 atom stereocenters. The van der Waals surface area contributed by atoms with Gasteiger partial charge < -0.3 is 15.2 Å². The number of hydrogen-bond donors (Lipinski definition) is 2. The van der Waals surface area contributed by atoms with Crippen LogP contribution in [0, 0.1) is 5.92 Å². The van der Waals surface area contributed by atoms with E-state index in [1.165, 1.54) is 0 Å². The van der Waals surface area contributed by atoms with Gasteiger partial charge >= 0.3 is 5.97 Å². The molecule has 0 amide bonds. The fourth-order valence-corrected chi connectivity index (χ4v) is 3.59. The molecule has 2 unspecified atom stereocenters. The SMILES string of the molecule is COCC(Nc1nc2c(s1)CCCC2C(=O)O)C(C)C. The van der Waals surface area contributed by atoms with Crippen molar-refractivity contribution >= 4 is 22.4 Å². The number of hydrogen-bond acceptors (Lipinski definition) is 5. The van der Waals surface area contributed by atoms with Crippen LogP contribution in [0.15, 0.2) is 0 Å². The summed E-state index contributed by atoms with van der Waals surface area (Å²) in [5.74, 6) is -0.781. The van der Waals surface area contributed by atoms with Gasteiger partial charge in [-0.15, -0.1) is 11.3 Å². The average Bonchev–Trinajstić information content (AvgIpc) is 2.79. The number of carboxylic acid groups (broad SMARTS) is 1. The van der Waals surface area contributed by atoms with Crippen LogP contribution in [0.3, 0.4) is 0 Å². The van der Waals surface area contributed by atoms with Gasteiger partial charge in [-0.3, -0.25) is 4.79 Å². The number of ether oxygens (including phenoxy) is 1. The lowest BCUT2D eigenvalue weighted by Gasteiger charge is -2.20. The smallest absolute Gasteiger partial charge is 0.312 e. The van der Waals surface area contributed by atoms with E-state index in [-0.39, 0.29) is 6.04 Å². The molecule has 0 aliphatic heterocycles. The van der Waals surface area contributed by atoms with Crippen LogP contribution in [0.1, 0.15) is 43.2 Å². The molecule has 1 aromatic rings. The summed E-state index contributed by atoms with van der Waals surface area (Å²) < 4.78 is 5.22. The number of nitrogens with one attached hydrogen (secondary N) is 1. The third-order valence-corrected chi connectivity index (χ3v) is 4.77. The van der Waals surface area contributed by atoms with E-state index in [0.717, 1.165) is 28.5 Å². The van der Waals surface area contributed by atoms with Gasteiger partial charge in [0.25, 0.3) is 0 Å². The van der Waals surface area contributed by atoms with E-state index in [2.05, 4.69) is 24.1 Å². The minimum atomic E-state index is -0.764. The zero-order chi connectivity index (χ0) is 14.7. The van der Waals surface area contributed by atoms with E-state index in [1.54, 1.807) is 18.4 Å². The Kier molecular flexibility index (Phi) is 4.99. The Morgan fingerprint density at radius 1 is 1.60 bits per heavy atom. The third-order valence-electron chi connectivity index (χ3n) is 3.71. The van der Waals surface area contributed by atoms with Crippen LogP contribution < -0.4 is 5.32 Å². The fourth-order valence-electron chi connectivity index (χ4n) is 2.46. The van der Waals surface area contributed by atoms with E-state index < -0.39 is 11.9 Å². The number of aromatic nitrogens is 1. The first-order chi connectivity index (χ1) is 9.52. The minimum absolute atomic E-state index is 0.191. The van der Waals surface area contributed by atoms with Crippen molar-refractivity contribution in [2.24, 2.45) is 5.92 Å². The number of thiazole rings is 1. The number of methoxy groups -OCH3 is 1. The van der Waals surface area contributed by atoms with Crippen LogP contribution in [0.25, 0.3) is 0 Å². The van der Waals surface area contributed by atoms with E-state index in [1.807, 2.05) is 0 Å². The molecule has 0 bridgehead atoms. The second-order valence-corrected chi connectivity index (χ2v) is 6.64. The molecule has 0 fully saturated rings. The average molecular weight is 298 g/mol. The topological polar surface area (TPSA) is 71.5 Å². The third kappa shape index (κ3) is 3.30. The van der Waals surface area contributed by atoms with E-state index in [9.17, 15) is 9.90 Å². The van der Waals surface area contributed by atoms with Gasteiger partial charge in [0.2, 0.25) is 0 Å². The molecular formula is C14H22N2O3S. The summed E-state index contributed by atoms with van der Waals surface area (Å²) in [4.78, 5) is 16.9. The van der Waals surface area contributed by atoms with Gasteiger partial charge in [0, 0.05) is 12.0 Å². The van der Waals surface area contributed by atoms with Crippen molar-refractivity contribution in [2.45, 2.75) is 45.1 Å². The van der Waals surface area contributed by atoms with Crippen LogP contribution in [0.5, 0.6) is 0 Å². The number of aliphatic carboxylic acids is 1. The van der Waals surface area contributed by atoms with E-state index >= 15 is 0 Å². The lowest BCUT2D eigenvalue weighted by molar-refractivity contribution is -0.139. The highest BCUT2D eigenvalue weighted by Gasteiger charge is 2.30. The molecule has 0 saturated carbocycles. The molecular weight excluding hydrogens is 276 g/mol. The number of nitrogens with zero attached hydrogens (tertiary/aromatic N) is 1. The van der Waals surface area contributed by atoms with Crippen molar-refractivity contribution in [3.63, 3.8) is 0 Å². The molecule has 6 heteroatoms. The Bertz CT molecular complexity index is 473. The Labute approximate surface area is 123 Å². The molecule has 2 rings (SSSR count). The molecule has 1 aromatic heterocycles. The zero-order valence-electron chi connectivity index (χ0n) is 12.2. The second-order valence-electron chi connectivity index (χ2n) is 5.56. The first-order valence-electron chi connectivity index (χ1n) is 7.00. The minimum Gasteiger partial charge on any atom is -0.481 e. The Balaban J connectivity index is 2.16. The number of aryl methyl sites for hydroxylation is 1. The Morgan fingerprint density at radius 3 is 2.95 bits per heavy atom. The summed E-state index contributed by atoms with van der Waals surface area (Å²) in [5, 5.41) is 13.5. The number of rotatable bonds is 6. The fraction of sp³-hybridized carbons (Fsp3) is 0.714. The molecule has 20 heavy (non-hydrogen) atoms. The van der Waals surface area contributed by atoms with Crippen molar-refractivity contribution in [1.29, 1.82) is 0 Å². The zero-order valence-corrected chi connectivity index (χ0v) is 13.0. The van der Waals surface area contributed by atoms with Crippen molar-refractivity contribution in [3.05, 3.63) is 10.6 Å². The summed E-state index contributed by atoms with van der Waals surface area (Å²) in [6.07, 6.45) is 2.56. The van der Waals surface area contributed by atoms with Crippen LogP contribution in [0.4, 0.5) is 5.13 Å². The maximum atomic E-state index is 11.3. The van der Waals surface area contributed by atoms with Crippen LogP contribution in [0.2, 0.25) is 0 Å². The maximum Gasteiger partial charge on any atom is 0.312 e. The van der Waals surface area contributed by atoms with Gasteiger partial charge in [0.05, 0.1) is 18.3 Å². The quantitative estimate of drug-likeness (QED) is 0.845. The van der Waals surface area contributed by atoms with Crippen molar-refractivity contribution in [2.75, 3.05) is 19.0 Å². The lowest BCUT2D eigenvalue weighted by Crippen LogP contribution is -2.30. The van der Waals surface area contributed by atoms with E-state index in [4.69, 9.17) is 4.74 Å². The predicted octanol–water partition coefficient (Wildman–Crippen LogP) is 2.73. The van der Waals surface area contributed by atoms with Crippen molar-refractivity contribution in [3.8, 4) is 0 Å². The summed E-state index contributed by atoms with van der Waals surface area (Å²) in [6.45, 7) is 4.87. The van der Waals surface area contributed by atoms with Gasteiger partial charge in [-0.25, -0.2) is 4.98 Å². The van der Waals surface area contributed by atoms with Crippen LogP contribution in [-0.2, 0) is 16.0 Å². The molecule has 1 aliphatic carbocycles. The number of anilines is 1. The number of carbonyl (C=O) groups is 1. The molecule has 0 aromatic carbocycles. The summed E-state index contributed by atoms with van der Waals surface area (Å²) >= 11 is 1.59. The highest BCUT2D eigenvalue weighted by Crippen LogP contribution is 2.37. The summed E-state index contributed by atoms with van der Waals surface area (Å²) in [5.41, 5.74) is 0.760. The Hall–Kier alpha value is -1.14. The van der Waals surface area contributed by atoms with Gasteiger partial charge in [0.1, 0.15) is 5.92 Å². The number of fused-ring (bicyclic) bond motifs is 1. The largest absolute Gasteiger partial charge is 0.481 e. The van der Waals surface area contributed by atoms with Gasteiger partial charge in [-0.2, -0.15) is 0 Å². The molecule has 0 spiro atoms. The molecule has 0 radical (unpaired) electrons. The molecule has 5 nitrogen and oxygen atoms in total. The van der Waals surface area contributed by atoms with Crippen molar-refractivity contribution in [1.82, 2.24) is 4.98 Å². The molecule has 0 saturated heterocycles. The molecule has 1 aliphatic rings. The van der Waals surface area contributed by atoms with Gasteiger partial charge in [-0.05, 0) is 25.2 Å².